The molecule has 2 heterocycles. The molecule has 0 aliphatic carbocycles. The first-order valence-corrected chi connectivity index (χ1v) is 6.94. The predicted octanol–water partition coefficient (Wildman–Crippen LogP) is 2.42. The fourth-order valence-electron chi connectivity index (χ4n) is 2.26. The second-order valence-corrected chi connectivity index (χ2v) is 5.01. The Hall–Kier alpha value is -2.70. The maximum atomic E-state index is 12.3. The van der Waals surface area contributed by atoms with Gasteiger partial charge >= 0.3 is 6.03 Å². The van der Waals surface area contributed by atoms with Crippen LogP contribution < -0.4 is 14.8 Å². The minimum absolute atomic E-state index is 0.247. The summed E-state index contributed by atoms with van der Waals surface area (Å²) in [6.07, 6.45) is 0. The lowest BCUT2D eigenvalue weighted by Crippen LogP contribution is -2.35. The summed E-state index contributed by atoms with van der Waals surface area (Å²) < 4.78 is 15.9. The third-order valence-electron chi connectivity index (χ3n) is 3.40. The summed E-state index contributed by atoms with van der Waals surface area (Å²) in [6.45, 7) is 3.15. The van der Waals surface area contributed by atoms with Crippen molar-refractivity contribution < 1.29 is 18.8 Å². The molecule has 0 bridgehead atoms. The van der Waals surface area contributed by atoms with Crippen LogP contribution in [0.4, 0.5) is 10.7 Å². The van der Waals surface area contributed by atoms with Gasteiger partial charge in [0.1, 0.15) is 18.1 Å². The molecule has 1 aromatic carbocycles. The van der Waals surface area contributed by atoms with E-state index in [1.807, 2.05) is 18.2 Å². The lowest BCUT2D eigenvalue weighted by atomic mass is 10.2. The van der Waals surface area contributed by atoms with Crippen molar-refractivity contribution in [1.82, 2.24) is 10.1 Å². The second-order valence-electron chi connectivity index (χ2n) is 5.01. The molecule has 3 rings (SSSR count). The van der Waals surface area contributed by atoms with Crippen LogP contribution in [0.25, 0.3) is 0 Å². The van der Waals surface area contributed by atoms with Crippen LogP contribution in [0.1, 0.15) is 11.3 Å². The van der Waals surface area contributed by atoms with Gasteiger partial charge < -0.3 is 18.9 Å². The molecule has 1 N–H and O–H groups in total. The van der Waals surface area contributed by atoms with Gasteiger partial charge in [-0.05, 0) is 19.1 Å². The number of benzene rings is 1. The normalized spacial score (nSPS) is 13.8. The van der Waals surface area contributed by atoms with Gasteiger partial charge in [-0.1, -0.05) is 5.16 Å². The third kappa shape index (κ3) is 2.98. The molecule has 0 fully saturated rings. The maximum absolute atomic E-state index is 12.3. The number of aromatic nitrogens is 1. The van der Waals surface area contributed by atoms with E-state index in [1.54, 1.807) is 25.0 Å². The number of rotatable bonds is 2. The van der Waals surface area contributed by atoms with E-state index in [2.05, 4.69) is 10.5 Å². The molecular weight excluding hydrogens is 286 g/mol. The third-order valence-corrected chi connectivity index (χ3v) is 3.40. The Bertz CT molecular complexity index is 683. The van der Waals surface area contributed by atoms with E-state index in [1.165, 1.54) is 0 Å². The van der Waals surface area contributed by atoms with Gasteiger partial charge in [-0.15, -0.1) is 0 Å². The van der Waals surface area contributed by atoms with Crippen molar-refractivity contribution >= 4 is 11.9 Å². The smallest absolute Gasteiger partial charge is 0.324 e. The van der Waals surface area contributed by atoms with Gasteiger partial charge in [0.2, 0.25) is 5.88 Å². The monoisotopic (exact) mass is 303 g/mol. The SMILES string of the molecule is COc1ccc2c(c1)OCCN(C(=O)Nc1cc(C)no1)C2. The number of carbonyl (C=O) groups excluding carboxylic acids is 1. The van der Waals surface area contributed by atoms with Gasteiger partial charge in [-0.3, -0.25) is 5.32 Å². The summed E-state index contributed by atoms with van der Waals surface area (Å²) in [5.41, 5.74) is 1.65. The molecule has 7 heteroatoms. The van der Waals surface area contributed by atoms with Crippen molar-refractivity contribution in [1.29, 1.82) is 0 Å². The highest BCUT2D eigenvalue weighted by molar-refractivity contribution is 5.88. The molecular formula is C15H17N3O4. The van der Waals surface area contributed by atoms with E-state index in [0.717, 1.165) is 17.1 Å². The number of carbonyl (C=O) groups is 1. The Morgan fingerprint density at radius 1 is 1.41 bits per heavy atom. The molecule has 116 valence electrons. The fraction of sp³-hybridized carbons (Fsp3) is 0.333. The topological polar surface area (TPSA) is 76.8 Å². The van der Waals surface area contributed by atoms with E-state index in [9.17, 15) is 4.79 Å². The van der Waals surface area contributed by atoms with Crippen LogP contribution in [-0.2, 0) is 6.54 Å². The van der Waals surface area contributed by atoms with E-state index in [-0.39, 0.29) is 6.03 Å². The van der Waals surface area contributed by atoms with Gasteiger partial charge in [0, 0.05) is 17.7 Å². The molecule has 22 heavy (non-hydrogen) atoms. The number of amides is 2. The van der Waals surface area contributed by atoms with Crippen molar-refractivity contribution in [3.63, 3.8) is 0 Å². The minimum atomic E-state index is -0.247. The van der Waals surface area contributed by atoms with Gasteiger partial charge in [0.25, 0.3) is 0 Å². The molecule has 0 spiro atoms. The van der Waals surface area contributed by atoms with E-state index in [0.29, 0.717) is 31.3 Å². The fourth-order valence-corrected chi connectivity index (χ4v) is 2.26. The molecule has 2 amide bonds. The second kappa shape index (κ2) is 5.97. The summed E-state index contributed by atoms with van der Waals surface area (Å²) in [7, 11) is 1.61. The number of methoxy groups -OCH3 is 1. The zero-order chi connectivity index (χ0) is 15.5. The van der Waals surface area contributed by atoms with Crippen molar-refractivity contribution in [2.75, 3.05) is 25.6 Å². The molecule has 0 atom stereocenters. The maximum Gasteiger partial charge on any atom is 0.324 e. The first kappa shape index (κ1) is 14.2. The van der Waals surface area contributed by atoms with Crippen LogP contribution >= 0.6 is 0 Å². The zero-order valence-corrected chi connectivity index (χ0v) is 12.5. The first-order chi connectivity index (χ1) is 10.7. The highest BCUT2D eigenvalue weighted by Gasteiger charge is 2.21. The van der Waals surface area contributed by atoms with Gasteiger partial charge in [-0.25, -0.2) is 4.79 Å². The number of nitrogens with zero attached hydrogens (tertiary/aromatic N) is 2. The van der Waals surface area contributed by atoms with Crippen LogP contribution in [0.15, 0.2) is 28.8 Å². The number of anilines is 1. The zero-order valence-electron chi connectivity index (χ0n) is 12.5. The number of urea groups is 1. The standard InChI is InChI=1S/C15H17N3O4/c1-10-7-14(22-17-10)16-15(19)18-5-6-21-13-8-12(20-2)4-3-11(13)9-18/h3-4,7-8H,5-6,9H2,1-2H3,(H,16,19). The highest BCUT2D eigenvalue weighted by Crippen LogP contribution is 2.28. The van der Waals surface area contributed by atoms with Crippen LogP contribution in [0.3, 0.4) is 0 Å². The molecule has 1 aliphatic heterocycles. The summed E-state index contributed by atoms with van der Waals surface area (Å²) in [5, 5.41) is 6.43. The molecule has 0 unspecified atom stereocenters. The summed E-state index contributed by atoms with van der Waals surface area (Å²) in [4.78, 5) is 14.0. The Labute approximate surface area is 127 Å². The largest absolute Gasteiger partial charge is 0.497 e. The van der Waals surface area contributed by atoms with E-state index in [4.69, 9.17) is 14.0 Å². The lowest BCUT2D eigenvalue weighted by molar-refractivity contribution is 0.200. The van der Waals surface area contributed by atoms with Crippen molar-refractivity contribution in [2.24, 2.45) is 0 Å². The Kier molecular flexibility index (Phi) is 3.86. The van der Waals surface area contributed by atoms with Gasteiger partial charge in [-0.2, -0.15) is 0 Å². The number of nitrogens with one attached hydrogen (secondary N) is 1. The first-order valence-electron chi connectivity index (χ1n) is 6.94. The highest BCUT2D eigenvalue weighted by atomic mass is 16.5. The van der Waals surface area contributed by atoms with E-state index >= 15 is 0 Å². The van der Waals surface area contributed by atoms with Crippen LogP contribution in [-0.4, -0.2) is 36.3 Å². The molecule has 7 nitrogen and oxygen atoms in total. The molecule has 0 saturated heterocycles. The molecule has 1 aliphatic rings. The van der Waals surface area contributed by atoms with Crippen LogP contribution in [0, 0.1) is 6.92 Å². The van der Waals surface area contributed by atoms with E-state index < -0.39 is 0 Å². The van der Waals surface area contributed by atoms with Crippen LogP contribution in [0.2, 0.25) is 0 Å². The molecule has 2 aromatic rings. The van der Waals surface area contributed by atoms with Crippen molar-refractivity contribution in [2.45, 2.75) is 13.5 Å². The van der Waals surface area contributed by atoms with Gasteiger partial charge in [0.15, 0.2) is 0 Å². The Balaban J connectivity index is 1.73. The van der Waals surface area contributed by atoms with Gasteiger partial charge in [0.05, 0.1) is 25.9 Å². The Morgan fingerprint density at radius 3 is 3.00 bits per heavy atom. The number of hydrogen-bond acceptors (Lipinski definition) is 5. The van der Waals surface area contributed by atoms with Crippen molar-refractivity contribution in [3.05, 3.63) is 35.5 Å². The molecule has 0 saturated carbocycles. The summed E-state index contributed by atoms with van der Waals surface area (Å²) in [6, 6.07) is 7.01. The Morgan fingerprint density at radius 2 is 2.27 bits per heavy atom. The van der Waals surface area contributed by atoms with Crippen LogP contribution in [0.5, 0.6) is 11.5 Å². The predicted molar refractivity (Wildman–Crippen MR) is 79.2 cm³/mol. The minimum Gasteiger partial charge on any atom is -0.497 e. The molecule has 0 radical (unpaired) electrons. The number of fused-ring (bicyclic) bond motifs is 1. The quantitative estimate of drug-likeness (QED) is 0.922. The lowest BCUT2D eigenvalue weighted by Gasteiger charge is -2.19. The summed E-state index contributed by atoms with van der Waals surface area (Å²) in [5.74, 6) is 1.81. The van der Waals surface area contributed by atoms with Crippen molar-refractivity contribution in [3.8, 4) is 11.5 Å². The number of hydrogen-bond donors (Lipinski definition) is 1. The number of ether oxygens (including phenoxy) is 2. The number of aryl methyl sites for hydroxylation is 1. The average Bonchev–Trinajstić information content (AvgIpc) is 2.81. The molecule has 1 aromatic heterocycles. The average molecular weight is 303 g/mol. The summed E-state index contributed by atoms with van der Waals surface area (Å²) >= 11 is 0.